The van der Waals surface area contributed by atoms with Gasteiger partial charge in [-0.3, -0.25) is 4.79 Å². The molecule has 10 heteroatoms. The van der Waals surface area contributed by atoms with Gasteiger partial charge in [0.1, 0.15) is 11.6 Å². The maximum Gasteiger partial charge on any atom is 0.237 e. The van der Waals surface area contributed by atoms with Gasteiger partial charge in [0.15, 0.2) is 4.34 Å². The lowest BCUT2D eigenvalue weighted by Crippen LogP contribution is -2.23. The molecular weight excluding hydrogens is 358 g/mol. The predicted octanol–water partition coefficient (Wildman–Crippen LogP) is 2.99. The van der Waals surface area contributed by atoms with Crippen LogP contribution in [0, 0.1) is 11.6 Å². The summed E-state index contributed by atoms with van der Waals surface area (Å²) >= 11 is 2.49. The SMILES string of the molecule is COCCNc1nnc(S[C@@H](C)C(=O)Nc2cc(F)ccc2F)s1. The van der Waals surface area contributed by atoms with Gasteiger partial charge in [-0.1, -0.05) is 23.1 Å². The maximum absolute atomic E-state index is 13.5. The summed E-state index contributed by atoms with van der Waals surface area (Å²) in [6.45, 7) is 2.79. The second kappa shape index (κ2) is 8.90. The maximum atomic E-state index is 13.5. The van der Waals surface area contributed by atoms with E-state index in [9.17, 15) is 13.6 Å². The van der Waals surface area contributed by atoms with E-state index in [0.29, 0.717) is 22.6 Å². The number of methoxy groups -OCH3 is 1. The van der Waals surface area contributed by atoms with Crippen LogP contribution in [0.3, 0.4) is 0 Å². The van der Waals surface area contributed by atoms with Crippen LogP contribution in [0.4, 0.5) is 19.6 Å². The standard InChI is InChI=1S/C14H16F2N4O2S2/c1-8(12(21)18-11-7-9(15)3-4-10(11)16)23-14-20-19-13(24-14)17-5-6-22-2/h3-4,7-8H,5-6H2,1-2H3,(H,17,19)(H,18,21)/t8-/m0/s1. The molecular formula is C14H16F2N4O2S2. The first-order valence-electron chi connectivity index (χ1n) is 6.98. The zero-order valence-corrected chi connectivity index (χ0v) is 14.6. The molecule has 0 radical (unpaired) electrons. The van der Waals surface area contributed by atoms with E-state index in [1.54, 1.807) is 14.0 Å². The van der Waals surface area contributed by atoms with E-state index in [0.717, 1.165) is 18.2 Å². The second-order valence-electron chi connectivity index (χ2n) is 4.67. The van der Waals surface area contributed by atoms with Crippen LogP contribution in [0.2, 0.25) is 0 Å². The van der Waals surface area contributed by atoms with Crippen LogP contribution >= 0.6 is 23.1 Å². The van der Waals surface area contributed by atoms with E-state index >= 15 is 0 Å². The fourth-order valence-electron chi connectivity index (χ4n) is 1.62. The number of anilines is 2. The molecule has 1 aromatic heterocycles. The van der Waals surface area contributed by atoms with Crippen LogP contribution in [-0.4, -0.2) is 41.6 Å². The summed E-state index contributed by atoms with van der Waals surface area (Å²) in [5.74, 6) is -1.76. The van der Waals surface area contributed by atoms with Gasteiger partial charge in [0, 0.05) is 19.7 Å². The monoisotopic (exact) mass is 374 g/mol. The van der Waals surface area contributed by atoms with E-state index in [1.165, 1.54) is 23.1 Å². The highest BCUT2D eigenvalue weighted by molar-refractivity contribution is 8.02. The van der Waals surface area contributed by atoms with Crippen molar-refractivity contribution in [2.75, 3.05) is 30.9 Å². The largest absolute Gasteiger partial charge is 0.383 e. The van der Waals surface area contributed by atoms with Gasteiger partial charge >= 0.3 is 0 Å². The van der Waals surface area contributed by atoms with Crippen molar-refractivity contribution in [1.29, 1.82) is 0 Å². The van der Waals surface area contributed by atoms with Gasteiger partial charge in [-0.2, -0.15) is 0 Å². The summed E-state index contributed by atoms with van der Waals surface area (Å²) in [5, 5.41) is 13.4. The Morgan fingerprint density at radius 1 is 1.42 bits per heavy atom. The number of hydrogen-bond donors (Lipinski definition) is 2. The van der Waals surface area contributed by atoms with Crippen molar-refractivity contribution in [1.82, 2.24) is 10.2 Å². The van der Waals surface area contributed by atoms with Gasteiger partial charge in [-0.25, -0.2) is 8.78 Å². The molecule has 2 rings (SSSR count). The Morgan fingerprint density at radius 3 is 2.96 bits per heavy atom. The highest BCUT2D eigenvalue weighted by Crippen LogP contribution is 2.29. The molecule has 1 heterocycles. The summed E-state index contributed by atoms with van der Waals surface area (Å²) in [7, 11) is 1.60. The van der Waals surface area contributed by atoms with Crippen LogP contribution in [0.15, 0.2) is 22.5 Å². The number of hydrogen-bond acceptors (Lipinski definition) is 7. The molecule has 0 saturated carbocycles. The molecule has 1 amide bonds. The fraction of sp³-hybridized carbons (Fsp3) is 0.357. The van der Waals surface area contributed by atoms with Crippen LogP contribution in [0.1, 0.15) is 6.92 Å². The number of nitrogens with one attached hydrogen (secondary N) is 2. The normalized spacial score (nSPS) is 12.0. The third kappa shape index (κ3) is 5.39. The van der Waals surface area contributed by atoms with Crippen LogP contribution in [0.5, 0.6) is 0 Å². The number of benzene rings is 1. The minimum Gasteiger partial charge on any atom is -0.383 e. The zero-order chi connectivity index (χ0) is 17.5. The number of nitrogens with zero attached hydrogens (tertiary/aromatic N) is 2. The number of rotatable bonds is 8. The van der Waals surface area contributed by atoms with Crippen molar-refractivity contribution in [3.05, 3.63) is 29.8 Å². The van der Waals surface area contributed by atoms with Gasteiger partial charge in [0.05, 0.1) is 17.5 Å². The van der Waals surface area contributed by atoms with E-state index < -0.39 is 22.8 Å². The fourth-order valence-corrected chi connectivity index (χ4v) is 3.54. The topological polar surface area (TPSA) is 76.1 Å². The molecule has 1 aromatic carbocycles. The van der Waals surface area contributed by atoms with Gasteiger partial charge in [0.2, 0.25) is 11.0 Å². The number of aromatic nitrogens is 2. The Labute approximate surface area is 146 Å². The van der Waals surface area contributed by atoms with Crippen molar-refractivity contribution < 1.29 is 18.3 Å². The zero-order valence-electron chi connectivity index (χ0n) is 13.0. The Kier molecular flexibility index (Phi) is 6.88. The minimum atomic E-state index is -0.692. The minimum absolute atomic E-state index is 0.188. The van der Waals surface area contributed by atoms with Crippen molar-refractivity contribution in [2.45, 2.75) is 16.5 Å². The molecule has 0 spiro atoms. The number of carbonyl (C=O) groups is 1. The summed E-state index contributed by atoms with van der Waals surface area (Å²) in [5.41, 5.74) is -0.188. The third-order valence-corrected chi connectivity index (χ3v) is 4.89. The van der Waals surface area contributed by atoms with Crippen LogP contribution in [-0.2, 0) is 9.53 Å². The summed E-state index contributed by atoms with van der Waals surface area (Å²) < 4.78 is 32.2. The third-order valence-electron chi connectivity index (χ3n) is 2.82. The Hall–Kier alpha value is -1.78. The van der Waals surface area contributed by atoms with Crippen molar-refractivity contribution >= 4 is 39.8 Å². The quantitative estimate of drug-likeness (QED) is 0.546. The Bertz CT molecular complexity index is 699. The summed E-state index contributed by atoms with van der Waals surface area (Å²) in [6, 6.07) is 2.89. The molecule has 0 aliphatic carbocycles. The van der Waals surface area contributed by atoms with Crippen LogP contribution < -0.4 is 10.6 Å². The summed E-state index contributed by atoms with van der Waals surface area (Å²) in [6.07, 6.45) is 0. The first kappa shape index (κ1) is 18.6. The smallest absolute Gasteiger partial charge is 0.237 e. The molecule has 0 unspecified atom stereocenters. The molecule has 0 bridgehead atoms. The molecule has 1 atom stereocenters. The lowest BCUT2D eigenvalue weighted by Gasteiger charge is -2.10. The summed E-state index contributed by atoms with van der Waals surface area (Å²) in [4.78, 5) is 12.1. The van der Waals surface area contributed by atoms with E-state index in [4.69, 9.17) is 4.74 Å². The first-order valence-corrected chi connectivity index (χ1v) is 8.68. The number of amides is 1. The van der Waals surface area contributed by atoms with Gasteiger partial charge in [-0.15, -0.1) is 10.2 Å². The lowest BCUT2D eigenvalue weighted by molar-refractivity contribution is -0.115. The lowest BCUT2D eigenvalue weighted by atomic mass is 10.3. The molecule has 24 heavy (non-hydrogen) atoms. The molecule has 130 valence electrons. The number of carbonyl (C=O) groups excluding carboxylic acids is 1. The predicted molar refractivity (Wildman–Crippen MR) is 90.6 cm³/mol. The first-order chi connectivity index (χ1) is 11.5. The molecule has 0 saturated heterocycles. The number of halogens is 2. The molecule has 0 fully saturated rings. The molecule has 2 N–H and O–H groups in total. The average Bonchev–Trinajstić information content (AvgIpc) is 2.98. The Morgan fingerprint density at radius 2 is 2.21 bits per heavy atom. The van der Waals surface area contributed by atoms with Crippen molar-refractivity contribution in [3.8, 4) is 0 Å². The van der Waals surface area contributed by atoms with E-state index in [2.05, 4.69) is 20.8 Å². The molecule has 0 aliphatic heterocycles. The Balaban J connectivity index is 1.90. The van der Waals surface area contributed by atoms with Gasteiger partial charge in [-0.05, 0) is 19.1 Å². The van der Waals surface area contributed by atoms with Crippen LogP contribution in [0.25, 0.3) is 0 Å². The van der Waals surface area contributed by atoms with Gasteiger partial charge in [0.25, 0.3) is 0 Å². The molecule has 2 aromatic rings. The highest BCUT2D eigenvalue weighted by atomic mass is 32.2. The molecule has 0 aliphatic rings. The highest BCUT2D eigenvalue weighted by Gasteiger charge is 2.18. The molecule has 6 nitrogen and oxygen atoms in total. The van der Waals surface area contributed by atoms with Crippen molar-refractivity contribution in [3.63, 3.8) is 0 Å². The number of ether oxygens (including phenoxy) is 1. The average molecular weight is 374 g/mol. The second-order valence-corrected chi connectivity index (χ2v) is 7.23. The van der Waals surface area contributed by atoms with Gasteiger partial charge < -0.3 is 15.4 Å². The number of thioether (sulfide) groups is 1. The van der Waals surface area contributed by atoms with E-state index in [1.807, 2.05) is 0 Å². The van der Waals surface area contributed by atoms with Crippen molar-refractivity contribution in [2.24, 2.45) is 0 Å². The van der Waals surface area contributed by atoms with E-state index in [-0.39, 0.29) is 5.69 Å².